The average Bonchev–Trinajstić information content (AvgIpc) is 2.47. The molecule has 0 aromatic carbocycles. The Morgan fingerprint density at radius 2 is 2.30 bits per heavy atom. The minimum atomic E-state index is -0.226. The van der Waals surface area contributed by atoms with Gasteiger partial charge in [0.25, 0.3) is 0 Å². The minimum absolute atomic E-state index is 0.226. The lowest BCUT2D eigenvalue weighted by Gasteiger charge is -2.12. The van der Waals surface area contributed by atoms with E-state index >= 15 is 0 Å². The van der Waals surface area contributed by atoms with Crippen molar-refractivity contribution in [2.75, 3.05) is 13.1 Å². The van der Waals surface area contributed by atoms with Gasteiger partial charge in [-0.3, -0.25) is 0 Å². The van der Waals surface area contributed by atoms with Crippen LogP contribution in [0.15, 0.2) is 0 Å². The van der Waals surface area contributed by atoms with E-state index in [9.17, 15) is 5.11 Å². The molecule has 1 saturated heterocycles. The first-order valence-corrected chi connectivity index (χ1v) is 4.22. The fourth-order valence-corrected chi connectivity index (χ4v) is 1.77. The van der Waals surface area contributed by atoms with Crippen LogP contribution >= 0.6 is 0 Å². The second kappa shape index (κ2) is 2.21. The van der Waals surface area contributed by atoms with Gasteiger partial charge in [0.1, 0.15) is 0 Å². The smallest absolute Gasteiger partial charge is 0.0653 e. The summed E-state index contributed by atoms with van der Waals surface area (Å²) in [6.45, 7) is 2.28. The largest absolute Gasteiger partial charge is 0.390 e. The molecule has 58 valence electrons. The second-order valence-corrected chi connectivity index (χ2v) is 3.79. The fraction of sp³-hybridized carbons (Fsp3) is 1.00. The van der Waals surface area contributed by atoms with Gasteiger partial charge >= 0.3 is 0 Å². The van der Waals surface area contributed by atoms with Gasteiger partial charge in [0.15, 0.2) is 0 Å². The van der Waals surface area contributed by atoms with E-state index < -0.39 is 0 Å². The lowest BCUT2D eigenvalue weighted by molar-refractivity contribution is 0.121. The molecule has 1 atom stereocenters. The first-order chi connectivity index (χ1) is 4.79. The molecular weight excluding hydrogens is 126 g/mol. The molecule has 2 nitrogen and oxygen atoms in total. The van der Waals surface area contributed by atoms with Gasteiger partial charge in [-0.25, -0.2) is 0 Å². The number of rotatable bonds is 2. The summed E-state index contributed by atoms with van der Waals surface area (Å²) < 4.78 is 0. The molecule has 2 aliphatic rings. The Labute approximate surface area is 61.6 Å². The lowest BCUT2D eigenvalue weighted by Crippen LogP contribution is -2.16. The summed E-state index contributed by atoms with van der Waals surface area (Å²) in [6, 6.07) is 0. The maximum absolute atomic E-state index is 9.56. The molecule has 2 heteroatoms. The number of aliphatic hydroxyl groups is 1. The zero-order valence-corrected chi connectivity index (χ0v) is 6.27. The monoisotopic (exact) mass is 141 g/mol. The first-order valence-electron chi connectivity index (χ1n) is 4.22. The van der Waals surface area contributed by atoms with Gasteiger partial charge in [-0.2, -0.15) is 0 Å². The van der Waals surface area contributed by atoms with Crippen molar-refractivity contribution in [1.82, 2.24) is 5.32 Å². The summed E-state index contributed by atoms with van der Waals surface area (Å²) in [5.74, 6) is 0.757. The van der Waals surface area contributed by atoms with Crippen molar-refractivity contribution < 1.29 is 5.11 Å². The molecule has 1 saturated carbocycles. The van der Waals surface area contributed by atoms with Crippen LogP contribution in [0.1, 0.15) is 25.7 Å². The van der Waals surface area contributed by atoms with Crippen LogP contribution in [0.5, 0.6) is 0 Å². The van der Waals surface area contributed by atoms with E-state index in [1.165, 1.54) is 6.42 Å². The molecule has 1 unspecified atom stereocenters. The van der Waals surface area contributed by atoms with Gasteiger partial charge in [-0.1, -0.05) is 0 Å². The minimum Gasteiger partial charge on any atom is -0.390 e. The molecule has 0 bridgehead atoms. The molecule has 2 rings (SSSR count). The Kier molecular flexibility index (Phi) is 1.46. The van der Waals surface area contributed by atoms with Crippen LogP contribution in [0.4, 0.5) is 0 Å². The van der Waals surface area contributed by atoms with E-state index in [-0.39, 0.29) is 5.60 Å². The fourth-order valence-electron chi connectivity index (χ4n) is 1.77. The van der Waals surface area contributed by atoms with Crippen molar-refractivity contribution >= 4 is 0 Å². The van der Waals surface area contributed by atoms with E-state index in [2.05, 4.69) is 5.32 Å². The summed E-state index contributed by atoms with van der Waals surface area (Å²) in [7, 11) is 0. The van der Waals surface area contributed by atoms with Gasteiger partial charge in [0.2, 0.25) is 0 Å². The molecule has 2 N–H and O–H groups in total. The molecule has 1 aliphatic heterocycles. The SMILES string of the molecule is OC1(CC2CCNC2)CC1. The third-order valence-corrected chi connectivity index (χ3v) is 2.66. The molecule has 0 aromatic rings. The Balaban J connectivity index is 1.78. The van der Waals surface area contributed by atoms with Gasteiger partial charge in [0.05, 0.1) is 5.60 Å². The Bertz CT molecular complexity index is 125. The van der Waals surface area contributed by atoms with E-state index in [0.717, 1.165) is 38.3 Å². The number of hydrogen-bond acceptors (Lipinski definition) is 2. The normalized spacial score (nSPS) is 36.3. The molecular formula is C8H15NO. The van der Waals surface area contributed by atoms with E-state index in [1.807, 2.05) is 0 Å². The second-order valence-electron chi connectivity index (χ2n) is 3.79. The van der Waals surface area contributed by atoms with Crippen molar-refractivity contribution in [3.8, 4) is 0 Å². The predicted molar refractivity (Wildman–Crippen MR) is 39.8 cm³/mol. The Hall–Kier alpha value is -0.0800. The number of nitrogens with one attached hydrogen (secondary N) is 1. The predicted octanol–water partition coefficient (Wildman–Crippen LogP) is 0.511. The highest BCUT2D eigenvalue weighted by atomic mass is 16.3. The molecule has 0 aromatic heterocycles. The summed E-state index contributed by atoms with van der Waals surface area (Å²) in [5.41, 5.74) is -0.226. The van der Waals surface area contributed by atoms with Crippen LogP contribution in [0.2, 0.25) is 0 Å². The third-order valence-electron chi connectivity index (χ3n) is 2.66. The summed E-state index contributed by atoms with van der Waals surface area (Å²) in [6.07, 6.45) is 4.40. The van der Waals surface area contributed by atoms with E-state index in [1.54, 1.807) is 0 Å². The summed E-state index contributed by atoms with van der Waals surface area (Å²) in [5, 5.41) is 12.9. The maximum atomic E-state index is 9.56. The molecule has 1 aliphatic carbocycles. The number of hydrogen-bond donors (Lipinski definition) is 2. The van der Waals surface area contributed by atoms with Gasteiger partial charge in [-0.15, -0.1) is 0 Å². The van der Waals surface area contributed by atoms with Crippen molar-refractivity contribution in [2.45, 2.75) is 31.3 Å². The summed E-state index contributed by atoms with van der Waals surface area (Å²) in [4.78, 5) is 0. The van der Waals surface area contributed by atoms with E-state index in [4.69, 9.17) is 0 Å². The molecule has 2 fully saturated rings. The van der Waals surface area contributed by atoms with Crippen LogP contribution in [0, 0.1) is 5.92 Å². The first kappa shape index (κ1) is 6.62. The molecule has 0 radical (unpaired) electrons. The third kappa shape index (κ3) is 1.32. The van der Waals surface area contributed by atoms with Crippen molar-refractivity contribution in [2.24, 2.45) is 5.92 Å². The molecule has 10 heavy (non-hydrogen) atoms. The standard InChI is InChI=1S/C8H15NO/c10-8(2-3-8)5-7-1-4-9-6-7/h7,9-10H,1-6H2. The van der Waals surface area contributed by atoms with Crippen LogP contribution in [0.25, 0.3) is 0 Å². The van der Waals surface area contributed by atoms with Crippen molar-refractivity contribution in [3.63, 3.8) is 0 Å². The highest BCUT2D eigenvalue weighted by molar-refractivity contribution is 4.96. The van der Waals surface area contributed by atoms with Gasteiger partial charge < -0.3 is 10.4 Å². The topological polar surface area (TPSA) is 32.3 Å². The van der Waals surface area contributed by atoms with Crippen LogP contribution in [-0.4, -0.2) is 23.8 Å². The lowest BCUT2D eigenvalue weighted by atomic mass is 10.00. The molecule has 1 heterocycles. The van der Waals surface area contributed by atoms with Crippen LogP contribution in [-0.2, 0) is 0 Å². The van der Waals surface area contributed by atoms with Gasteiger partial charge in [-0.05, 0) is 44.7 Å². The van der Waals surface area contributed by atoms with Crippen molar-refractivity contribution in [3.05, 3.63) is 0 Å². The van der Waals surface area contributed by atoms with E-state index in [0.29, 0.717) is 0 Å². The quantitative estimate of drug-likeness (QED) is 0.587. The summed E-state index contributed by atoms with van der Waals surface area (Å²) >= 11 is 0. The highest BCUT2D eigenvalue weighted by Gasteiger charge is 2.42. The zero-order chi connectivity index (χ0) is 7.03. The Morgan fingerprint density at radius 3 is 2.80 bits per heavy atom. The highest BCUT2D eigenvalue weighted by Crippen LogP contribution is 2.41. The van der Waals surface area contributed by atoms with Crippen LogP contribution < -0.4 is 5.32 Å². The van der Waals surface area contributed by atoms with Crippen LogP contribution in [0.3, 0.4) is 0 Å². The molecule has 0 spiro atoms. The zero-order valence-electron chi connectivity index (χ0n) is 6.27. The maximum Gasteiger partial charge on any atom is 0.0653 e. The molecule has 0 amide bonds. The average molecular weight is 141 g/mol. The van der Waals surface area contributed by atoms with Crippen molar-refractivity contribution in [1.29, 1.82) is 0 Å². The van der Waals surface area contributed by atoms with Gasteiger partial charge in [0, 0.05) is 0 Å². The Morgan fingerprint density at radius 1 is 1.50 bits per heavy atom.